The molecular formula is C8H9NO4. The molecule has 13 heavy (non-hydrogen) atoms. The first kappa shape index (κ1) is 9.31. The second-order valence-corrected chi connectivity index (χ2v) is 2.38. The summed E-state index contributed by atoms with van der Waals surface area (Å²) >= 11 is 0. The normalized spacial score (nSPS) is 9.54. The van der Waals surface area contributed by atoms with Gasteiger partial charge >= 0.3 is 0 Å². The van der Waals surface area contributed by atoms with E-state index >= 15 is 0 Å². The zero-order valence-corrected chi connectivity index (χ0v) is 6.80. The van der Waals surface area contributed by atoms with Crippen LogP contribution in [0.1, 0.15) is 5.69 Å². The number of carbonyl (C=O) groups is 1. The van der Waals surface area contributed by atoms with Gasteiger partial charge in [0.25, 0.3) is 6.47 Å². The lowest BCUT2D eigenvalue weighted by Crippen LogP contribution is -1.98. The summed E-state index contributed by atoms with van der Waals surface area (Å²) in [5.74, 6) is -0.490. The first-order valence-corrected chi connectivity index (χ1v) is 3.66. The number of nitrogens with zero attached hydrogens (tertiary/aromatic N) is 1. The van der Waals surface area contributed by atoms with Crippen molar-refractivity contribution in [2.45, 2.75) is 6.42 Å². The van der Waals surface area contributed by atoms with Crippen LogP contribution in [-0.2, 0) is 16.0 Å². The van der Waals surface area contributed by atoms with Crippen molar-refractivity contribution in [2.24, 2.45) is 0 Å². The molecule has 1 heterocycles. The van der Waals surface area contributed by atoms with Gasteiger partial charge in [-0.15, -0.1) is 0 Å². The average molecular weight is 183 g/mol. The quantitative estimate of drug-likeness (QED) is 0.515. The molecular weight excluding hydrogens is 174 g/mol. The highest BCUT2D eigenvalue weighted by atomic mass is 16.5. The summed E-state index contributed by atoms with van der Waals surface area (Å²) in [6.07, 6.45) is 1.55. The number of hydrogen-bond donors (Lipinski definition) is 2. The summed E-state index contributed by atoms with van der Waals surface area (Å²) in [5.41, 5.74) is 0.553. The molecule has 5 heteroatoms. The zero-order valence-electron chi connectivity index (χ0n) is 6.80. The summed E-state index contributed by atoms with van der Waals surface area (Å²) in [5, 5.41) is 18.0. The smallest absolute Gasteiger partial charge is 0.293 e. The van der Waals surface area contributed by atoms with Gasteiger partial charge < -0.3 is 14.9 Å². The minimum atomic E-state index is -0.264. The molecule has 0 amide bonds. The standard InChI is InChI=1S/C8H9NO4/c10-5-13-2-1-6-3-7(11)8(12)4-9-6/h3-5,12H,1-2H2,(H,9,11). The number of pyridine rings is 1. The van der Waals surface area contributed by atoms with Crippen LogP contribution >= 0.6 is 0 Å². The highest BCUT2D eigenvalue weighted by Crippen LogP contribution is 2.22. The minimum Gasteiger partial charge on any atom is -0.504 e. The van der Waals surface area contributed by atoms with E-state index in [2.05, 4.69) is 9.72 Å². The van der Waals surface area contributed by atoms with Crippen LogP contribution in [0.15, 0.2) is 12.3 Å². The molecule has 1 aromatic heterocycles. The first-order valence-electron chi connectivity index (χ1n) is 3.66. The van der Waals surface area contributed by atoms with E-state index in [9.17, 15) is 4.79 Å². The zero-order chi connectivity index (χ0) is 9.68. The van der Waals surface area contributed by atoms with Crippen LogP contribution in [0.4, 0.5) is 0 Å². The van der Waals surface area contributed by atoms with Gasteiger partial charge in [-0.25, -0.2) is 0 Å². The summed E-state index contributed by atoms with van der Waals surface area (Å²) in [6, 6.07) is 1.32. The molecule has 0 bridgehead atoms. The Morgan fingerprint density at radius 3 is 2.85 bits per heavy atom. The largest absolute Gasteiger partial charge is 0.504 e. The van der Waals surface area contributed by atoms with Gasteiger partial charge in [0, 0.05) is 18.2 Å². The van der Waals surface area contributed by atoms with Gasteiger partial charge in [0.1, 0.15) is 0 Å². The Balaban J connectivity index is 2.57. The predicted molar refractivity (Wildman–Crippen MR) is 43.3 cm³/mol. The number of ether oxygens (including phenoxy) is 1. The lowest BCUT2D eigenvalue weighted by Gasteiger charge is -2.01. The first-order chi connectivity index (χ1) is 6.24. The number of aromatic nitrogens is 1. The molecule has 0 saturated heterocycles. The maximum Gasteiger partial charge on any atom is 0.293 e. The lowest BCUT2D eigenvalue weighted by atomic mass is 10.2. The van der Waals surface area contributed by atoms with Gasteiger partial charge in [-0.2, -0.15) is 0 Å². The molecule has 0 fully saturated rings. The van der Waals surface area contributed by atoms with Crippen molar-refractivity contribution in [1.82, 2.24) is 4.98 Å². The summed E-state index contributed by atoms with van der Waals surface area (Å²) in [6.45, 7) is 0.557. The Kier molecular flexibility index (Phi) is 3.08. The third-order valence-electron chi connectivity index (χ3n) is 1.46. The van der Waals surface area contributed by atoms with Gasteiger partial charge in [-0.05, 0) is 0 Å². The molecule has 0 atom stereocenters. The second kappa shape index (κ2) is 4.30. The van der Waals surface area contributed by atoms with Crippen LogP contribution in [-0.4, -0.2) is 28.3 Å². The van der Waals surface area contributed by atoms with Crippen molar-refractivity contribution in [1.29, 1.82) is 0 Å². The molecule has 0 saturated carbocycles. The van der Waals surface area contributed by atoms with Gasteiger partial charge in [-0.1, -0.05) is 0 Å². The van der Waals surface area contributed by atoms with Gasteiger partial charge in [0.05, 0.1) is 12.8 Å². The Bertz CT molecular complexity index is 300. The van der Waals surface area contributed by atoms with Gasteiger partial charge in [0.15, 0.2) is 11.5 Å². The molecule has 0 radical (unpaired) electrons. The Hall–Kier alpha value is -1.78. The van der Waals surface area contributed by atoms with Crippen molar-refractivity contribution in [3.8, 4) is 11.5 Å². The van der Waals surface area contributed by atoms with Crippen LogP contribution in [0.2, 0.25) is 0 Å². The minimum absolute atomic E-state index is 0.209. The Labute approximate surface area is 74.6 Å². The Morgan fingerprint density at radius 2 is 2.23 bits per heavy atom. The molecule has 0 spiro atoms. The summed E-state index contributed by atoms with van der Waals surface area (Å²) in [7, 11) is 0. The van der Waals surface area contributed by atoms with E-state index in [1.165, 1.54) is 6.07 Å². The van der Waals surface area contributed by atoms with E-state index in [1.54, 1.807) is 0 Å². The van der Waals surface area contributed by atoms with E-state index in [0.29, 0.717) is 18.6 Å². The van der Waals surface area contributed by atoms with Crippen LogP contribution in [0.3, 0.4) is 0 Å². The highest BCUT2D eigenvalue weighted by Gasteiger charge is 2.01. The fraction of sp³-hybridized carbons (Fsp3) is 0.250. The summed E-state index contributed by atoms with van der Waals surface area (Å²) < 4.78 is 4.44. The number of hydrogen-bond acceptors (Lipinski definition) is 5. The van der Waals surface area contributed by atoms with E-state index in [4.69, 9.17) is 10.2 Å². The Morgan fingerprint density at radius 1 is 1.46 bits per heavy atom. The molecule has 0 aromatic carbocycles. The second-order valence-electron chi connectivity index (χ2n) is 2.38. The van der Waals surface area contributed by atoms with Crippen LogP contribution in [0.5, 0.6) is 11.5 Å². The van der Waals surface area contributed by atoms with Crippen molar-refractivity contribution in [3.63, 3.8) is 0 Å². The SMILES string of the molecule is O=COCCc1cc(O)c(O)cn1. The van der Waals surface area contributed by atoms with E-state index in [-0.39, 0.29) is 18.1 Å². The fourth-order valence-electron chi connectivity index (χ4n) is 0.828. The number of carbonyl (C=O) groups excluding carboxylic acids is 1. The van der Waals surface area contributed by atoms with Crippen LogP contribution in [0, 0.1) is 0 Å². The highest BCUT2D eigenvalue weighted by molar-refractivity contribution is 5.37. The lowest BCUT2D eigenvalue weighted by molar-refractivity contribution is -0.128. The average Bonchev–Trinajstić information content (AvgIpc) is 2.12. The van der Waals surface area contributed by atoms with Crippen molar-refractivity contribution in [2.75, 3.05) is 6.61 Å². The van der Waals surface area contributed by atoms with Crippen LogP contribution < -0.4 is 0 Å². The fourth-order valence-corrected chi connectivity index (χ4v) is 0.828. The van der Waals surface area contributed by atoms with Gasteiger partial charge in [0.2, 0.25) is 0 Å². The molecule has 0 aliphatic rings. The molecule has 70 valence electrons. The summed E-state index contributed by atoms with van der Waals surface area (Å²) in [4.78, 5) is 13.6. The molecule has 0 aliphatic carbocycles. The third kappa shape index (κ3) is 2.62. The molecule has 1 aromatic rings. The number of aromatic hydroxyl groups is 2. The number of rotatable bonds is 4. The molecule has 0 unspecified atom stereocenters. The molecule has 0 aliphatic heterocycles. The predicted octanol–water partition coefficient (Wildman–Crippen LogP) is 0.208. The van der Waals surface area contributed by atoms with Crippen molar-refractivity contribution in [3.05, 3.63) is 18.0 Å². The van der Waals surface area contributed by atoms with E-state index in [1.807, 2.05) is 0 Å². The van der Waals surface area contributed by atoms with Crippen LogP contribution in [0.25, 0.3) is 0 Å². The molecule has 2 N–H and O–H groups in total. The van der Waals surface area contributed by atoms with E-state index in [0.717, 1.165) is 6.20 Å². The topological polar surface area (TPSA) is 79.7 Å². The van der Waals surface area contributed by atoms with Crippen molar-refractivity contribution >= 4 is 6.47 Å². The monoisotopic (exact) mass is 183 g/mol. The van der Waals surface area contributed by atoms with Gasteiger partial charge in [-0.3, -0.25) is 9.78 Å². The molecule has 1 rings (SSSR count). The third-order valence-corrected chi connectivity index (χ3v) is 1.46. The van der Waals surface area contributed by atoms with E-state index < -0.39 is 0 Å². The maximum absolute atomic E-state index is 9.78. The van der Waals surface area contributed by atoms with Crippen molar-refractivity contribution < 1.29 is 19.7 Å². The molecule has 5 nitrogen and oxygen atoms in total. The maximum atomic E-state index is 9.78.